The van der Waals surface area contributed by atoms with E-state index in [0.29, 0.717) is 23.6 Å². The quantitative estimate of drug-likeness (QED) is 0.582. The van der Waals surface area contributed by atoms with Crippen LogP contribution in [0.15, 0.2) is 24.3 Å². The summed E-state index contributed by atoms with van der Waals surface area (Å²) in [6.07, 6.45) is 3.48. The highest BCUT2D eigenvalue weighted by Gasteiger charge is 2.27. The van der Waals surface area contributed by atoms with Crippen LogP contribution in [-0.2, 0) is 9.53 Å². The standard InChI is InChI=1S/C21H27N5O2/c1-15-8-12-26(13-9-15)11-5-10-23-20-19(16(14-22)21(27)28-2)24-17-6-3-4-7-18(17)25-20/h3-4,6-7,15-16H,5,8-13H2,1-2H3,(H,23,25)/t16-/m0/s1. The lowest BCUT2D eigenvalue weighted by Gasteiger charge is -2.30. The van der Waals surface area contributed by atoms with Crippen molar-refractivity contribution in [2.24, 2.45) is 5.92 Å². The number of fused-ring (bicyclic) bond motifs is 1. The van der Waals surface area contributed by atoms with E-state index in [4.69, 9.17) is 4.74 Å². The number of nitriles is 1. The van der Waals surface area contributed by atoms with Gasteiger partial charge in [-0.15, -0.1) is 0 Å². The maximum Gasteiger partial charge on any atom is 0.329 e. The number of carbonyl (C=O) groups excluding carboxylic acids is 1. The van der Waals surface area contributed by atoms with Gasteiger partial charge in [-0.05, 0) is 56.9 Å². The number of ether oxygens (including phenoxy) is 1. The molecule has 0 saturated carbocycles. The molecule has 2 heterocycles. The number of aromatic nitrogens is 2. The van der Waals surface area contributed by atoms with E-state index in [1.807, 2.05) is 30.3 Å². The second kappa shape index (κ2) is 9.47. The summed E-state index contributed by atoms with van der Waals surface area (Å²) in [5.41, 5.74) is 1.69. The second-order valence-corrected chi connectivity index (χ2v) is 7.34. The summed E-state index contributed by atoms with van der Waals surface area (Å²) in [5, 5.41) is 12.8. The van der Waals surface area contributed by atoms with E-state index in [2.05, 4.69) is 27.1 Å². The summed E-state index contributed by atoms with van der Waals surface area (Å²) < 4.78 is 4.77. The number of methoxy groups -OCH3 is 1. The molecule has 3 rings (SSSR count). The molecule has 1 aliphatic rings. The van der Waals surface area contributed by atoms with Crippen molar-refractivity contribution < 1.29 is 9.53 Å². The normalized spacial score (nSPS) is 16.5. The van der Waals surface area contributed by atoms with E-state index in [1.165, 1.54) is 20.0 Å². The highest BCUT2D eigenvalue weighted by atomic mass is 16.5. The number of likely N-dealkylation sites (tertiary alicyclic amines) is 1. The smallest absolute Gasteiger partial charge is 0.329 e. The molecule has 0 amide bonds. The molecule has 1 N–H and O–H groups in total. The van der Waals surface area contributed by atoms with Crippen LogP contribution in [0.4, 0.5) is 5.82 Å². The van der Waals surface area contributed by atoms with Crippen LogP contribution in [-0.4, -0.2) is 54.1 Å². The summed E-state index contributed by atoms with van der Waals surface area (Å²) in [6.45, 7) is 6.34. The molecule has 0 spiro atoms. The van der Waals surface area contributed by atoms with Gasteiger partial charge in [0.1, 0.15) is 5.69 Å². The maximum absolute atomic E-state index is 12.0. The van der Waals surface area contributed by atoms with Crippen molar-refractivity contribution in [3.05, 3.63) is 30.0 Å². The summed E-state index contributed by atoms with van der Waals surface area (Å²) >= 11 is 0. The zero-order valence-electron chi connectivity index (χ0n) is 16.5. The van der Waals surface area contributed by atoms with Crippen LogP contribution >= 0.6 is 0 Å². The number of para-hydroxylation sites is 2. The zero-order valence-corrected chi connectivity index (χ0v) is 16.5. The van der Waals surface area contributed by atoms with Crippen LogP contribution in [0.5, 0.6) is 0 Å². The van der Waals surface area contributed by atoms with E-state index in [0.717, 1.165) is 37.5 Å². The van der Waals surface area contributed by atoms with Crippen molar-refractivity contribution >= 4 is 22.8 Å². The fourth-order valence-electron chi connectivity index (χ4n) is 3.48. The number of rotatable bonds is 7. The minimum Gasteiger partial charge on any atom is -0.468 e. The van der Waals surface area contributed by atoms with Crippen molar-refractivity contribution in [2.45, 2.75) is 32.1 Å². The molecule has 2 aromatic rings. The Hall–Kier alpha value is -2.72. The van der Waals surface area contributed by atoms with Gasteiger partial charge in [0.2, 0.25) is 0 Å². The molecule has 1 atom stereocenters. The van der Waals surface area contributed by atoms with Gasteiger partial charge in [-0.1, -0.05) is 19.1 Å². The van der Waals surface area contributed by atoms with E-state index in [-0.39, 0.29) is 0 Å². The van der Waals surface area contributed by atoms with E-state index < -0.39 is 11.9 Å². The minimum absolute atomic E-state index is 0.319. The fourth-order valence-corrected chi connectivity index (χ4v) is 3.48. The number of carbonyl (C=O) groups is 1. The largest absolute Gasteiger partial charge is 0.468 e. The zero-order chi connectivity index (χ0) is 19.9. The number of esters is 1. The van der Waals surface area contributed by atoms with Gasteiger partial charge in [0, 0.05) is 6.54 Å². The first-order chi connectivity index (χ1) is 13.6. The molecule has 0 unspecified atom stereocenters. The second-order valence-electron chi connectivity index (χ2n) is 7.34. The summed E-state index contributed by atoms with van der Waals surface area (Å²) in [5.74, 6) is -0.431. The van der Waals surface area contributed by atoms with Crippen LogP contribution in [0.25, 0.3) is 11.0 Å². The number of hydrogen-bond donors (Lipinski definition) is 1. The van der Waals surface area contributed by atoms with Crippen LogP contribution < -0.4 is 5.32 Å². The Morgan fingerprint density at radius 2 is 2.00 bits per heavy atom. The average molecular weight is 381 g/mol. The fraction of sp³-hybridized carbons (Fsp3) is 0.524. The summed E-state index contributed by atoms with van der Waals surface area (Å²) in [4.78, 5) is 23.7. The Balaban J connectivity index is 1.72. The number of nitrogens with zero attached hydrogens (tertiary/aromatic N) is 4. The highest BCUT2D eigenvalue weighted by molar-refractivity contribution is 5.84. The Bertz CT molecular complexity index is 855. The molecule has 1 fully saturated rings. The molecule has 7 nitrogen and oxygen atoms in total. The number of piperidine rings is 1. The molecule has 28 heavy (non-hydrogen) atoms. The van der Waals surface area contributed by atoms with Gasteiger partial charge < -0.3 is 15.0 Å². The first-order valence-corrected chi connectivity index (χ1v) is 9.82. The first kappa shape index (κ1) is 20.0. The van der Waals surface area contributed by atoms with Gasteiger partial charge in [-0.25, -0.2) is 9.97 Å². The molecule has 0 bridgehead atoms. The third kappa shape index (κ3) is 4.76. The van der Waals surface area contributed by atoms with Crippen molar-refractivity contribution in [3.63, 3.8) is 0 Å². The van der Waals surface area contributed by atoms with Crippen molar-refractivity contribution in [1.82, 2.24) is 14.9 Å². The summed E-state index contributed by atoms with van der Waals surface area (Å²) in [6, 6.07) is 9.42. The minimum atomic E-state index is -1.10. The number of hydrogen-bond acceptors (Lipinski definition) is 7. The van der Waals surface area contributed by atoms with Gasteiger partial charge in [0.05, 0.1) is 24.2 Å². The van der Waals surface area contributed by atoms with Crippen LogP contribution in [0.1, 0.15) is 37.8 Å². The van der Waals surface area contributed by atoms with Gasteiger partial charge in [0.25, 0.3) is 0 Å². The van der Waals surface area contributed by atoms with Gasteiger partial charge in [-0.2, -0.15) is 5.26 Å². The van der Waals surface area contributed by atoms with Gasteiger partial charge in [0.15, 0.2) is 11.7 Å². The Kier molecular flexibility index (Phi) is 6.77. The molecule has 0 radical (unpaired) electrons. The van der Waals surface area contributed by atoms with E-state index in [9.17, 15) is 10.1 Å². The van der Waals surface area contributed by atoms with Crippen molar-refractivity contribution in [3.8, 4) is 6.07 Å². The van der Waals surface area contributed by atoms with Gasteiger partial charge in [-0.3, -0.25) is 4.79 Å². The first-order valence-electron chi connectivity index (χ1n) is 9.82. The van der Waals surface area contributed by atoms with Crippen LogP contribution in [0.3, 0.4) is 0 Å². The molecule has 1 saturated heterocycles. The molecule has 1 aromatic carbocycles. The topological polar surface area (TPSA) is 91.1 Å². The predicted octanol–water partition coefficient (Wildman–Crippen LogP) is 2.94. The lowest BCUT2D eigenvalue weighted by molar-refractivity contribution is -0.141. The molecule has 1 aromatic heterocycles. The van der Waals surface area contributed by atoms with Crippen molar-refractivity contribution in [2.75, 3.05) is 38.6 Å². The SMILES string of the molecule is COC(=O)[C@@H](C#N)c1nc2ccccc2nc1NCCCN1CCC(C)CC1. The highest BCUT2D eigenvalue weighted by Crippen LogP contribution is 2.25. The Morgan fingerprint density at radius 3 is 2.64 bits per heavy atom. The maximum atomic E-state index is 12.0. The van der Waals surface area contributed by atoms with Gasteiger partial charge >= 0.3 is 5.97 Å². The molecular formula is C21H27N5O2. The lowest BCUT2D eigenvalue weighted by Crippen LogP contribution is -2.34. The molecule has 148 valence electrons. The number of anilines is 1. The molecular weight excluding hydrogens is 354 g/mol. The number of nitrogens with one attached hydrogen (secondary N) is 1. The lowest BCUT2D eigenvalue weighted by atomic mass is 9.99. The van der Waals surface area contributed by atoms with E-state index in [1.54, 1.807) is 0 Å². The van der Waals surface area contributed by atoms with Crippen LogP contribution in [0.2, 0.25) is 0 Å². The number of benzene rings is 1. The predicted molar refractivity (Wildman–Crippen MR) is 108 cm³/mol. The van der Waals surface area contributed by atoms with E-state index >= 15 is 0 Å². The van der Waals surface area contributed by atoms with Crippen LogP contribution in [0, 0.1) is 17.2 Å². The average Bonchev–Trinajstić information content (AvgIpc) is 2.72. The third-order valence-electron chi connectivity index (χ3n) is 5.26. The monoisotopic (exact) mass is 381 g/mol. The molecule has 1 aliphatic heterocycles. The molecule has 0 aliphatic carbocycles. The summed E-state index contributed by atoms with van der Waals surface area (Å²) in [7, 11) is 1.27. The Morgan fingerprint density at radius 1 is 1.32 bits per heavy atom. The third-order valence-corrected chi connectivity index (χ3v) is 5.26. The molecule has 7 heteroatoms. The van der Waals surface area contributed by atoms with Crippen molar-refractivity contribution in [1.29, 1.82) is 5.26 Å². The Labute approximate surface area is 165 Å².